The van der Waals surface area contributed by atoms with E-state index in [9.17, 15) is 4.79 Å². The lowest BCUT2D eigenvalue weighted by Crippen LogP contribution is -2.13. The molecule has 5 nitrogen and oxygen atoms in total. The second-order valence-electron chi connectivity index (χ2n) is 9.65. The van der Waals surface area contributed by atoms with Crippen LogP contribution in [0.2, 0.25) is 0 Å². The van der Waals surface area contributed by atoms with Crippen molar-refractivity contribution in [2.24, 2.45) is 0 Å². The molecule has 0 unspecified atom stereocenters. The number of carbonyl (C=O) groups is 1. The van der Waals surface area contributed by atoms with Crippen molar-refractivity contribution in [2.75, 3.05) is 26.4 Å². The number of aliphatic hydroxyl groups excluding tert-OH is 1. The van der Waals surface area contributed by atoms with Gasteiger partial charge in [-0.25, -0.2) is 9.18 Å². The normalized spacial score (nSPS) is 13.7. The molecule has 200 valence electrons. The second-order valence-corrected chi connectivity index (χ2v) is 9.65. The molecular weight excluding hydrogens is 483 g/mol. The smallest absolute Gasteiger partial charge is 0.333 e. The number of aliphatic hydroxyl groups is 1. The van der Waals surface area contributed by atoms with E-state index in [0.717, 1.165) is 11.1 Å². The summed E-state index contributed by atoms with van der Waals surface area (Å²) in [5, 5.41) is 9.14. The summed E-state index contributed by atoms with van der Waals surface area (Å²) < 4.78 is 31.7. The third-order valence-electron chi connectivity index (χ3n) is 6.82. The first-order valence-corrected chi connectivity index (χ1v) is 13.2. The third kappa shape index (κ3) is 7.01. The molecule has 0 saturated heterocycles. The van der Waals surface area contributed by atoms with Crippen molar-refractivity contribution < 1.29 is 28.5 Å². The first-order chi connectivity index (χ1) is 18.5. The Kier molecular flexibility index (Phi) is 9.55. The predicted octanol–water partition coefficient (Wildman–Crippen LogP) is 7.08. The van der Waals surface area contributed by atoms with Gasteiger partial charge in [-0.3, -0.25) is 0 Å². The summed E-state index contributed by atoms with van der Waals surface area (Å²) in [5.74, 6) is 0.666. The standard InChI is InChI=1S/C32H35FO5/c1-22(2)32(35)38-19-18-37-31-21-27(13-15-30(31)36-17-16-34)26-12-14-28(29(33)20-26)25-10-8-24(9-11-25)23-6-4-3-5-7-23/h8-15,20-21,23,34H,1,3-7,16-19H2,2H3. The Balaban J connectivity index is 1.50. The van der Waals surface area contributed by atoms with Gasteiger partial charge in [0.05, 0.1) is 6.61 Å². The first kappa shape index (κ1) is 27.4. The molecule has 4 rings (SSSR count). The summed E-state index contributed by atoms with van der Waals surface area (Å²) in [4.78, 5) is 11.6. The lowest BCUT2D eigenvalue weighted by Gasteiger charge is -2.22. The van der Waals surface area contributed by atoms with Gasteiger partial charge in [0.2, 0.25) is 0 Å². The van der Waals surface area contributed by atoms with E-state index in [1.54, 1.807) is 25.1 Å². The highest BCUT2D eigenvalue weighted by atomic mass is 19.1. The molecule has 0 aliphatic heterocycles. The van der Waals surface area contributed by atoms with Crippen LogP contribution in [-0.4, -0.2) is 37.5 Å². The Morgan fingerprint density at radius 2 is 1.53 bits per heavy atom. The lowest BCUT2D eigenvalue weighted by atomic mass is 9.83. The number of carbonyl (C=O) groups excluding carboxylic acids is 1. The molecule has 0 heterocycles. The van der Waals surface area contributed by atoms with E-state index in [4.69, 9.17) is 19.3 Å². The summed E-state index contributed by atoms with van der Waals surface area (Å²) in [6.07, 6.45) is 6.36. The molecule has 3 aromatic rings. The molecule has 1 N–H and O–H groups in total. The van der Waals surface area contributed by atoms with E-state index < -0.39 is 5.97 Å². The summed E-state index contributed by atoms with van der Waals surface area (Å²) >= 11 is 0. The largest absolute Gasteiger partial charge is 0.487 e. The third-order valence-corrected chi connectivity index (χ3v) is 6.82. The number of ether oxygens (including phenoxy) is 3. The van der Waals surface area contributed by atoms with Crippen molar-refractivity contribution in [3.63, 3.8) is 0 Å². The van der Waals surface area contributed by atoms with Crippen LogP contribution in [0.4, 0.5) is 4.39 Å². The first-order valence-electron chi connectivity index (χ1n) is 13.2. The van der Waals surface area contributed by atoms with Crippen molar-refractivity contribution in [1.29, 1.82) is 0 Å². The summed E-state index contributed by atoms with van der Waals surface area (Å²) in [7, 11) is 0. The van der Waals surface area contributed by atoms with Gasteiger partial charge in [-0.2, -0.15) is 0 Å². The van der Waals surface area contributed by atoms with Crippen LogP contribution in [0, 0.1) is 5.82 Å². The minimum atomic E-state index is -0.488. The highest BCUT2D eigenvalue weighted by molar-refractivity contribution is 5.86. The number of halogens is 1. The van der Waals surface area contributed by atoms with Gasteiger partial charge in [-0.15, -0.1) is 0 Å². The van der Waals surface area contributed by atoms with Crippen molar-refractivity contribution in [1.82, 2.24) is 0 Å². The molecule has 3 aromatic carbocycles. The Morgan fingerprint density at radius 1 is 0.868 bits per heavy atom. The highest BCUT2D eigenvalue weighted by Crippen LogP contribution is 2.36. The molecule has 0 atom stereocenters. The van der Waals surface area contributed by atoms with E-state index in [2.05, 4.69) is 18.7 Å². The van der Waals surface area contributed by atoms with Crippen LogP contribution >= 0.6 is 0 Å². The van der Waals surface area contributed by atoms with Crippen LogP contribution in [-0.2, 0) is 9.53 Å². The Hall–Kier alpha value is -3.64. The maximum absolute atomic E-state index is 15.3. The van der Waals surface area contributed by atoms with Crippen LogP contribution < -0.4 is 9.47 Å². The molecule has 1 saturated carbocycles. The van der Waals surface area contributed by atoms with Gasteiger partial charge in [0.25, 0.3) is 0 Å². The number of esters is 1. The predicted molar refractivity (Wildman–Crippen MR) is 147 cm³/mol. The second kappa shape index (κ2) is 13.2. The number of benzene rings is 3. The quantitative estimate of drug-likeness (QED) is 0.167. The zero-order valence-corrected chi connectivity index (χ0v) is 21.9. The fourth-order valence-electron chi connectivity index (χ4n) is 4.78. The summed E-state index contributed by atoms with van der Waals surface area (Å²) in [5.41, 5.74) is 4.50. The fraction of sp³-hybridized carbons (Fsp3) is 0.344. The molecule has 0 radical (unpaired) electrons. The van der Waals surface area contributed by atoms with E-state index in [0.29, 0.717) is 34.1 Å². The average Bonchev–Trinajstić information content (AvgIpc) is 2.95. The molecule has 0 bridgehead atoms. The van der Waals surface area contributed by atoms with Gasteiger partial charge >= 0.3 is 5.97 Å². The fourth-order valence-corrected chi connectivity index (χ4v) is 4.78. The van der Waals surface area contributed by atoms with Gasteiger partial charge in [-0.1, -0.05) is 68.3 Å². The Labute approximate surface area is 223 Å². The number of rotatable bonds is 11. The number of hydrogen-bond acceptors (Lipinski definition) is 5. The topological polar surface area (TPSA) is 65.0 Å². The van der Waals surface area contributed by atoms with Gasteiger partial charge in [0, 0.05) is 11.1 Å². The van der Waals surface area contributed by atoms with Crippen molar-refractivity contribution in [2.45, 2.75) is 44.9 Å². The summed E-state index contributed by atoms with van der Waals surface area (Å²) in [6, 6.07) is 18.8. The number of hydrogen-bond donors (Lipinski definition) is 1. The zero-order chi connectivity index (χ0) is 26.9. The Bertz CT molecular complexity index is 1250. The molecule has 38 heavy (non-hydrogen) atoms. The van der Waals surface area contributed by atoms with Crippen LogP contribution in [0.1, 0.15) is 50.5 Å². The SMILES string of the molecule is C=C(C)C(=O)OCCOc1cc(-c2ccc(-c3ccc(C4CCCCC4)cc3)c(F)c2)ccc1OCCO. The molecule has 6 heteroatoms. The van der Waals surface area contributed by atoms with E-state index in [1.165, 1.54) is 43.7 Å². The van der Waals surface area contributed by atoms with Gasteiger partial charge < -0.3 is 19.3 Å². The maximum atomic E-state index is 15.3. The Morgan fingerprint density at radius 3 is 2.21 bits per heavy atom. The molecule has 1 aliphatic carbocycles. The van der Waals surface area contributed by atoms with Gasteiger partial charge in [0.1, 0.15) is 25.6 Å². The van der Waals surface area contributed by atoms with Gasteiger partial charge in [-0.05, 0) is 66.1 Å². The maximum Gasteiger partial charge on any atom is 0.333 e. The van der Waals surface area contributed by atoms with Crippen molar-refractivity contribution in [3.8, 4) is 33.8 Å². The molecular formula is C32H35FO5. The average molecular weight is 519 g/mol. The van der Waals surface area contributed by atoms with E-state index in [-0.39, 0.29) is 32.2 Å². The lowest BCUT2D eigenvalue weighted by molar-refractivity contribution is -0.139. The molecule has 0 spiro atoms. The molecule has 1 aliphatic rings. The monoisotopic (exact) mass is 518 g/mol. The van der Waals surface area contributed by atoms with Gasteiger partial charge in [0.15, 0.2) is 11.5 Å². The van der Waals surface area contributed by atoms with E-state index >= 15 is 4.39 Å². The van der Waals surface area contributed by atoms with Crippen molar-refractivity contribution >= 4 is 5.97 Å². The van der Waals surface area contributed by atoms with E-state index in [1.807, 2.05) is 24.3 Å². The molecule has 0 aromatic heterocycles. The highest BCUT2D eigenvalue weighted by Gasteiger charge is 2.16. The van der Waals surface area contributed by atoms with Crippen molar-refractivity contribution in [3.05, 3.63) is 84.2 Å². The van der Waals surface area contributed by atoms with Crippen LogP contribution in [0.5, 0.6) is 11.5 Å². The summed E-state index contributed by atoms with van der Waals surface area (Å²) in [6.45, 7) is 5.22. The molecule has 0 amide bonds. The molecule has 1 fully saturated rings. The van der Waals surface area contributed by atoms with Crippen LogP contribution in [0.3, 0.4) is 0 Å². The van der Waals surface area contributed by atoms with Crippen LogP contribution in [0.15, 0.2) is 72.8 Å². The minimum Gasteiger partial charge on any atom is -0.487 e. The van der Waals surface area contributed by atoms with Crippen LogP contribution in [0.25, 0.3) is 22.3 Å². The minimum absolute atomic E-state index is 0.0399. The zero-order valence-electron chi connectivity index (χ0n) is 21.9.